The lowest BCUT2D eigenvalue weighted by Crippen LogP contribution is -2.46. The molecule has 0 bridgehead atoms. The van der Waals surface area contributed by atoms with Gasteiger partial charge in [-0.15, -0.1) is 0 Å². The number of amides is 1. The molecule has 32 heavy (non-hydrogen) atoms. The molecule has 1 N–H and O–H groups in total. The van der Waals surface area contributed by atoms with Gasteiger partial charge in [-0.3, -0.25) is 4.79 Å². The van der Waals surface area contributed by atoms with E-state index in [1.807, 2.05) is 42.0 Å². The van der Waals surface area contributed by atoms with Crippen molar-refractivity contribution in [2.45, 2.75) is 44.6 Å². The van der Waals surface area contributed by atoms with Crippen LogP contribution in [0.15, 0.2) is 52.4 Å². The first-order valence-electron chi connectivity index (χ1n) is 10.6. The van der Waals surface area contributed by atoms with Gasteiger partial charge in [0, 0.05) is 31.2 Å². The van der Waals surface area contributed by atoms with Gasteiger partial charge in [0.1, 0.15) is 10.6 Å². The van der Waals surface area contributed by atoms with E-state index in [0.29, 0.717) is 25.1 Å². The topological polar surface area (TPSA) is 110 Å². The normalized spacial score (nSPS) is 18.4. The van der Waals surface area contributed by atoms with Crippen molar-refractivity contribution in [1.82, 2.24) is 24.3 Å². The van der Waals surface area contributed by atoms with E-state index in [1.54, 1.807) is 26.4 Å². The minimum absolute atomic E-state index is 0.102. The van der Waals surface area contributed by atoms with Gasteiger partial charge in [-0.05, 0) is 51.3 Å². The van der Waals surface area contributed by atoms with Crippen molar-refractivity contribution in [1.29, 1.82) is 0 Å². The number of piperidine rings is 1. The van der Waals surface area contributed by atoms with Gasteiger partial charge < -0.3 is 14.4 Å². The molecule has 10 heteroatoms. The van der Waals surface area contributed by atoms with Crippen LogP contribution >= 0.6 is 0 Å². The van der Waals surface area contributed by atoms with Gasteiger partial charge in [0.2, 0.25) is 15.9 Å². The van der Waals surface area contributed by atoms with E-state index in [-0.39, 0.29) is 29.1 Å². The lowest BCUT2D eigenvalue weighted by atomic mass is 9.98. The van der Waals surface area contributed by atoms with E-state index in [2.05, 4.69) is 15.5 Å². The summed E-state index contributed by atoms with van der Waals surface area (Å²) in [7, 11) is -3.76. The molecule has 0 saturated carbocycles. The van der Waals surface area contributed by atoms with Crippen LogP contribution in [0.4, 0.5) is 0 Å². The molecule has 4 rings (SSSR count). The maximum absolute atomic E-state index is 13.1. The fourth-order valence-electron chi connectivity index (χ4n) is 4.11. The first-order valence-corrected chi connectivity index (χ1v) is 12.0. The molecule has 2 aromatic heterocycles. The van der Waals surface area contributed by atoms with Crippen molar-refractivity contribution in [3.63, 3.8) is 0 Å². The molecule has 170 valence electrons. The Morgan fingerprint density at radius 3 is 2.62 bits per heavy atom. The summed E-state index contributed by atoms with van der Waals surface area (Å²) in [4.78, 5) is 17.1. The SMILES string of the molecule is Cc1noc(C)c1S(=O)(=O)N1CCC[C@@H](C(=O)N[C@@H](C)c2ccc(-n3ccnc3)cc2)C1. The predicted molar refractivity (Wildman–Crippen MR) is 118 cm³/mol. The Balaban J connectivity index is 1.42. The van der Waals surface area contributed by atoms with Crippen LogP contribution in [-0.4, -0.2) is 46.4 Å². The van der Waals surface area contributed by atoms with Crippen LogP contribution < -0.4 is 5.32 Å². The molecule has 1 aliphatic rings. The molecule has 0 spiro atoms. The zero-order valence-corrected chi connectivity index (χ0v) is 19.2. The average Bonchev–Trinajstić information content (AvgIpc) is 3.44. The van der Waals surface area contributed by atoms with Crippen LogP contribution in [-0.2, 0) is 14.8 Å². The van der Waals surface area contributed by atoms with Crippen LogP contribution in [0.2, 0.25) is 0 Å². The quantitative estimate of drug-likeness (QED) is 0.609. The number of carbonyl (C=O) groups is 1. The third-order valence-corrected chi connectivity index (χ3v) is 7.99. The summed E-state index contributed by atoms with van der Waals surface area (Å²) in [6.07, 6.45) is 6.58. The summed E-state index contributed by atoms with van der Waals surface area (Å²) in [5, 5.41) is 6.80. The Labute approximate surface area is 187 Å². The lowest BCUT2D eigenvalue weighted by Gasteiger charge is -2.31. The largest absolute Gasteiger partial charge is 0.360 e. The van der Waals surface area contributed by atoms with Crippen molar-refractivity contribution < 1.29 is 17.7 Å². The van der Waals surface area contributed by atoms with Crippen molar-refractivity contribution in [2.24, 2.45) is 5.92 Å². The van der Waals surface area contributed by atoms with E-state index in [4.69, 9.17) is 4.52 Å². The van der Waals surface area contributed by atoms with E-state index >= 15 is 0 Å². The van der Waals surface area contributed by atoms with Crippen molar-refractivity contribution >= 4 is 15.9 Å². The highest BCUT2D eigenvalue weighted by molar-refractivity contribution is 7.89. The number of hydrogen-bond acceptors (Lipinski definition) is 6. The van der Waals surface area contributed by atoms with Gasteiger partial charge in [-0.25, -0.2) is 13.4 Å². The molecular formula is C22H27N5O4S. The lowest BCUT2D eigenvalue weighted by molar-refractivity contribution is -0.126. The number of imidazole rings is 1. The first kappa shape index (κ1) is 22.2. The molecule has 1 aliphatic heterocycles. The second-order valence-electron chi connectivity index (χ2n) is 8.15. The van der Waals surface area contributed by atoms with Crippen LogP contribution in [0.25, 0.3) is 5.69 Å². The number of benzene rings is 1. The number of rotatable bonds is 6. The third-order valence-electron chi connectivity index (χ3n) is 5.88. The number of nitrogens with one attached hydrogen (secondary N) is 1. The van der Waals surface area contributed by atoms with Gasteiger partial charge in [0.25, 0.3) is 0 Å². The van der Waals surface area contributed by atoms with E-state index in [9.17, 15) is 13.2 Å². The highest BCUT2D eigenvalue weighted by atomic mass is 32.2. The third kappa shape index (κ3) is 4.33. The zero-order valence-electron chi connectivity index (χ0n) is 18.4. The molecule has 1 amide bonds. The summed E-state index contributed by atoms with van der Waals surface area (Å²) in [6.45, 7) is 5.63. The Morgan fingerprint density at radius 1 is 1.25 bits per heavy atom. The molecule has 0 unspecified atom stereocenters. The molecule has 1 fully saturated rings. The van der Waals surface area contributed by atoms with Crippen LogP contribution in [0.3, 0.4) is 0 Å². The Morgan fingerprint density at radius 2 is 2.00 bits per heavy atom. The van der Waals surface area contributed by atoms with Crippen LogP contribution in [0.5, 0.6) is 0 Å². The second-order valence-corrected chi connectivity index (χ2v) is 10.0. The molecule has 9 nitrogen and oxygen atoms in total. The Hall–Kier alpha value is -2.98. The molecule has 0 aliphatic carbocycles. The van der Waals surface area contributed by atoms with Crippen LogP contribution in [0, 0.1) is 19.8 Å². The molecule has 3 heterocycles. The van der Waals surface area contributed by atoms with E-state index in [1.165, 1.54) is 4.31 Å². The summed E-state index contributed by atoms with van der Waals surface area (Å²) < 4.78 is 34.6. The minimum atomic E-state index is -3.76. The standard InChI is InChI=1S/C22H27N5O4S/c1-15(18-6-8-20(9-7-18)26-12-10-23-14-26)24-22(28)19-5-4-11-27(13-19)32(29,30)21-16(2)25-31-17(21)3/h6-10,12,14-15,19H,4-5,11,13H2,1-3H3,(H,24,28)/t15-,19+/m0/s1. The molecule has 2 atom stereocenters. The number of sulfonamides is 1. The first-order chi connectivity index (χ1) is 15.3. The Kier molecular flexibility index (Phi) is 6.16. The second kappa shape index (κ2) is 8.87. The van der Waals surface area contributed by atoms with Crippen molar-refractivity contribution in [2.75, 3.05) is 13.1 Å². The monoisotopic (exact) mass is 457 g/mol. The maximum atomic E-state index is 13.1. The summed E-state index contributed by atoms with van der Waals surface area (Å²) >= 11 is 0. The number of nitrogens with zero attached hydrogens (tertiary/aromatic N) is 4. The van der Waals surface area contributed by atoms with Gasteiger partial charge in [-0.1, -0.05) is 17.3 Å². The van der Waals surface area contributed by atoms with Gasteiger partial charge >= 0.3 is 0 Å². The smallest absolute Gasteiger partial charge is 0.248 e. The fourth-order valence-corrected chi connectivity index (χ4v) is 5.92. The summed E-state index contributed by atoms with van der Waals surface area (Å²) in [5.74, 6) is -0.289. The Bertz CT molecular complexity index is 1170. The van der Waals surface area contributed by atoms with Gasteiger partial charge in [0.05, 0.1) is 18.3 Å². The highest BCUT2D eigenvalue weighted by Crippen LogP contribution is 2.28. The van der Waals surface area contributed by atoms with Crippen molar-refractivity contribution in [3.05, 3.63) is 60.0 Å². The highest BCUT2D eigenvalue weighted by Gasteiger charge is 2.36. The molecule has 1 aromatic carbocycles. The molecule has 1 saturated heterocycles. The van der Waals surface area contributed by atoms with Gasteiger partial charge in [-0.2, -0.15) is 4.31 Å². The number of aromatic nitrogens is 3. The molecule has 3 aromatic rings. The van der Waals surface area contributed by atoms with Crippen LogP contribution in [0.1, 0.15) is 42.8 Å². The average molecular weight is 458 g/mol. The maximum Gasteiger partial charge on any atom is 0.248 e. The fraction of sp³-hybridized carbons (Fsp3) is 0.409. The predicted octanol–water partition coefficient (Wildman–Crippen LogP) is 2.76. The minimum Gasteiger partial charge on any atom is -0.360 e. The molecular weight excluding hydrogens is 430 g/mol. The molecule has 0 radical (unpaired) electrons. The number of hydrogen-bond donors (Lipinski definition) is 1. The van der Waals surface area contributed by atoms with E-state index < -0.39 is 15.9 Å². The van der Waals surface area contributed by atoms with Crippen molar-refractivity contribution in [3.8, 4) is 5.69 Å². The summed E-state index contributed by atoms with van der Waals surface area (Å²) in [6, 6.07) is 7.68. The number of aryl methyl sites for hydroxylation is 2. The zero-order chi connectivity index (χ0) is 22.9. The number of carbonyl (C=O) groups excluding carboxylic acids is 1. The van der Waals surface area contributed by atoms with Gasteiger partial charge in [0.15, 0.2) is 5.76 Å². The van der Waals surface area contributed by atoms with E-state index in [0.717, 1.165) is 11.3 Å². The summed E-state index contributed by atoms with van der Waals surface area (Å²) in [5.41, 5.74) is 2.29.